The first kappa shape index (κ1) is 11.4. The van der Waals surface area contributed by atoms with Gasteiger partial charge in [-0.3, -0.25) is 0 Å². The summed E-state index contributed by atoms with van der Waals surface area (Å²) in [5, 5.41) is 10.7. The van der Waals surface area contributed by atoms with E-state index in [0.29, 0.717) is 4.48 Å². The minimum absolute atomic E-state index is 0.398. The summed E-state index contributed by atoms with van der Waals surface area (Å²) in [5.41, 5.74) is 0. The van der Waals surface area contributed by atoms with Crippen molar-refractivity contribution in [1.82, 2.24) is 0 Å². The zero-order valence-electron chi connectivity index (χ0n) is 8.46. The van der Waals surface area contributed by atoms with E-state index in [9.17, 15) is 9.90 Å². The number of carboxylic acids is 1. The monoisotopic (exact) mass is 173 g/mol. The molecule has 1 atom stereocenters. The molecule has 3 nitrogen and oxygen atoms in total. The molecule has 0 heterocycles. The lowest BCUT2D eigenvalue weighted by Gasteiger charge is -2.41. The molecule has 0 aliphatic rings. The third kappa shape index (κ3) is 1.97. The third-order valence-corrected chi connectivity index (χ3v) is 3.05. The van der Waals surface area contributed by atoms with Gasteiger partial charge in [0.25, 0.3) is 0 Å². The quantitative estimate of drug-likeness (QED) is 0.549. The summed E-state index contributed by atoms with van der Waals surface area (Å²) < 4.78 is 0.613. The van der Waals surface area contributed by atoms with Gasteiger partial charge in [-0.25, -0.2) is 0 Å². The van der Waals surface area contributed by atoms with Crippen molar-refractivity contribution in [2.24, 2.45) is 0 Å². The molecule has 12 heavy (non-hydrogen) atoms. The number of aliphatic carboxylic acids is 1. The Hall–Kier alpha value is -0.570. The number of carboxylic acid groups (broad SMARTS) is 1. The van der Waals surface area contributed by atoms with Crippen molar-refractivity contribution in [3.05, 3.63) is 0 Å². The van der Waals surface area contributed by atoms with Gasteiger partial charge in [0.15, 0.2) is 0 Å². The molecule has 0 unspecified atom stereocenters. The van der Waals surface area contributed by atoms with Crippen LogP contribution in [0.3, 0.4) is 0 Å². The first-order chi connectivity index (χ1) is 5.54. The first-order valence-corrected chi connectivity index (χ1v) is 4.60. The standard InChI is InChI=1S/C9H19NO2/c1-5-10(6-2,7-3)8(4)9(11)12/h8H,5-7H2,1-4H3/t8-/m0/s1. The minimum Gasteiger partial charge on any atom is -0.544 e. The zero-order valence-corrected chi connectivity index (χ0v) is 8.46. The van der Waals surface area contributed by atoms with Gasteiger partial charge in [0.2, 0.25) is 0 Å². The summed E-state index contributed by atoms with van der Waals surface area (Å²) in [7, 11) is 0. The third-order valence-electron chi connectivity index (χ3n) is 3.05. The van der Waals surface area contributed by atoms with Gasteiger partial charge in [-0.05, 0) is 27.7 Å². The number of carbonyl (C=O) groups excluding carboxylic acids is 1. The summed E-state index contributed by atoms with van der Waals surface area (Å²) in [6.45, 7) is 10.3. The molecule has 0 aliphatic carbocycles. The fourth-order valence-corrected chi connectivity index (χ4v) is 1.72. The Bertz CT molecular complexity index is 144. The van der Waals surface area contributed by atoms with Crippen LogP contribution in [-0.4, -0.2) is 36.1 Å². The minimum atomic E-state index is -0.944. The lowest BCUT2D eigenvalue weighted by atomic mass is 10.2. The normalized spacial score (nSPS) is 14.3. The maximum atomic E-state index is 10.7. The molecule has 0 saturated heterocycles. The van der Waals surface area contributed by atoms with Crippen molar-refractivity contribution in [3.63, 3.8) is 0 Å². The molecule has 0 amide bonds. The highest BCUT2D eigenvalue weighted by molar-refractivity contribution is 5.69. The predicted octanol–water partition coefficient (Wildman–Crippen LogP) is 0.00130. The lowest BCUT2D eigenvalue weighted by molar-refractivity contribution is -0.938. The van der Waals surface area contributed by atoms with E-state index >= 15 is 0 Å². The SMILES string of the molecule is CC[N+](CC)(CC)[C@@H](C)C(=O)[O-]. The zero-order chi connectivity index (χ0) is 9.78. The van der Waals surface area contributed by atoms with Crippen molar-refractivity contribution >= 4 is 5.97 Å². The summed E-state index contributed by atoms with van der Waals surface area (Å²) >= 11 is 0. The van der Waals surface area contributed by atoms with E-state index in [2.05, 4.69) is 0 Å². The molecule has 0 spiro atoms. The lowest BCUT2D eigenvalue weighted by Crippen LogP contribution is -2.60. The molecule has 0 bridgehead atoms. The van der Waals surface area contributed by atoms with Crippen molar-refractivity contribution in [2.75, 3.05) is 19.6 Å². The molecule has 72 valence electrons. The van der Waals surface area contributed by atoms with Crippen LogP contribution in [0.15, 0.2) is 0 Å². The Kier molecular flexibility index (Phi) is 4.24. The van der Waals surface area contributed by atoms with E-state index in [1.165, 1.54) is 0 Å². The molecule has 0 aliphatic heterocycles. The van der Waals surface area contributed by atoms with E-state index in [1.807, 2.05) is 20.8 Å². The fraction of sp³-hybridized carbons (Fsp3) is 0.889. The molecule has 0 radical (unpaired) electrons. The van der Waals surface area contributed by atoms with Crippen LogP contribution in [0.4, 0.5) is 0 Å². The van der Waals surface area contributed by atoms with Crippen LogP contribution in [0, 0.1) is 0 Å². The average molecular weight is 173 g/mol. The molecule has 3 heteroatoms. The Morgan fingerprint density at radius 2 is 1.58 bits per heavy atom. The van der Waals surface area contributed by atoms with Gasteiger partial charge in [0.05, 0.1) is 25.6 Å². The van der Waals surface area contributed by atoms with Gasteiger partial charge in [-0.15, -0.1) is 0 Å². The van der Waals surface area contributed by atoms with Gasteiger partial charge < -0.3 is 14.4 Å². The van der Waals surface area contributed by atoms with Crippen molar-refractivity contribution in [2.45, 2.75) is 33.7 Å². The van der Waals surface area contributed by atoms with Crippen LogP contribution in [-0.2, 0) is 4.79 Å². The summed E-state index contributed by atoms with van der Waals surface area (Å²) in [4.78, 5) is 10.7. The molecule has 0 N–H and O–H groups in total. The molecular weight excluding hydrogens is 154 g/mol. The molecule has 0 aromatic carbocycles. The maximum absolute atomic E-state index is 10.7. The molecular formula is C9H19NO2. The van der Waals surface area contributed by atoms with Crippen LogP contribution in [0.1, 0.15) is 27.7 Å². The van der Waals surface area contributed by atoms with Crippen molar-refractivity contribution < 1.29 is 14.4 Å². The van der Waals surface area contributed by atoms with E-state index in [1.54, 1.807) is 6.92 Å². The number of hydrogen-bond acceptors (Lipinski definition) is 2. The maximum Gasteiger partial charge on any atom is 0.126 e. The number of hydrogen-bond donors (Lipinski definition) is 0. The fourth-order valence-electron chi connectivity index (χ4n) is 1.72. The molecule has 0 fully saturated rings. The van der Waals surface area contributed by atoms with Crippen molar-refractivity contribution in [3.8, 4) is 0 Å². The summed E-state index contributed by atoms with van der Waals surface area (Å²) in [6.07, 6.45) is 0. The Balaban J connectivity index is 4.58. The number of carbonyl (C=O) groups is 1. The van der Waals surface area contributed by atoms with Gasteiger partial charge in [0.1, 0.15) is 6.04 Å². The number of likely N-dealkylation sites (N-methyl/N-ethyl adjacent to an activating group) is 1. The number of quaternary nitrogens is 1. The van der Waals surface area contributed by atoms with Crippen LogP contribution in [0.5, 0.6) is 0 Å². The van der Waals surface area contributed by atoms with E-state index < -0.39 is 12.0 Å². The molecule has 0 aromatic rings. The Labute approximate surface area is 74.6 Å². The van der Waals surface area contributed by atoms with Gasteiger partial charge >= 0.3 is 0 Å². The topological polar surface area (TPSA) is 40.1 Å². The predicted molar refractivity (Wildman–Crippen MR) is 46.4 cm³/mol. The highest BCUT2D eigenvalue weighted by Gasteiger charge is 2.29. The smallest absolute Gasteiger partial charge is 0.126 e. The number of rotatable bonds is 5. The van der Waals surface area contributed by atoms with Crippen molar-refractivity contribution in [1.29, 1.82) is 0 Å². The van der Waals surface area contributed by atoms with Gasteiger partial charge in [-0.2, -0.15) is 0 Å². The highest BCUT2D eigenvalue weighted by Crippen LogP contribution is 2.12. The van der Waals surface area contributed by atoms with E-state index in [0.717, 1.165) is 19.6 Å². The summed E-state index contributed by atoms with van der Waals surface area (Å²) in [5.74, 6) is -0.944. The van der Waals surface area contributed by atoms with Gasteiger partial charge in [-0.1, -0.05) is 0 Å². The molecule has 0 rings (SSSR count). The van der Waals surface area contributed by atoms with E-state index in [-0.39, 0.29) is 0 Å². The van der Waals surface area contributed by atoms with Crippen LogP contribution >= 0.6 is 0 Å². The summed E-state index contributed by atoms with van der Waals surface area (Å²) in [6, 6.07) is -0.398. The van der Waals surface area contributed by atoms with Crippen LogP contribution < -0.4 is 5.11 Å². The second-order valence-corrected chi connectivity index (χ2v) is 3.16. The second kappa shape index (κ2) is 4.45. The first-order valence-electron chi connectivity index (χ1n) is 4.60. The Morgan fingerprint density at radius 1 is 1.25 bits per heavy atom. The highest BCUT2D eigenvalue weighted by atomic mass is 16.4. The van der Waals surface area contributed by atoms with Gasteiger partial charge in [0, 0.05) is 0 Å². The van der Waals surface area contributed by atoms with E-state index in [4.69, 9.17) is 0 Å². The van der Waals surface area contributed by atoms with Crippen LogP contribution in [0.2, 0.25) is 0 Å². The largest absolute Gasteiger partial charge is 0.544 e. The molecule has 0 aromatic heterocycles. The second-order valence-electron chi connectivity index (χ2n) is 3.16. The average Bonchev–Trinajstić information content (AvgIpc) is 2.08. The number of nitrogens with zero attached hydrogens (tertiary/aromatic N) is 1. The van der Waals surface area contributed by atoms with Crippen LogP contribution in [0.25, 0.3) is 0 Å². The molecule has 0 saturated carbocycles. The Morgan fingerprint density at radius 3 is 1.67 bits per heavy atom.